The van der Waals surface area contributed by atoms with E-state index >= 15 is 0 Å². The lowest BCUT2D eigenvalue weighted by Gasteiger charge is -2.06. The summed E-state index contributed by atoms with van der Waals surface area (Å²) in [4.78, 5) is 0. The zero-order valence-electron chi connectivity index (χ0n) is 7.24. The highest BCUT2D eigenvalue weighted by Crippen LogP contribution is 2.18. The average molecular weight is 182 g/mol. The van der Waals surface area contributed by atoms with Gasteiger partial charge in [0, 0.05) is 0 Å². The molecule has 11 heavy (non-hydrogen) atoms. The molecule has 0 aliphatic carbocycles. The minimum Gasteiger partial charge on any atom is -0.247 e. The summed E-state index contributed by atoms with van der Waals surface area (Å²) >= 11 is 0. The summed E-state index contributed by atoms with van der Waals surface area (Å²) in [5.41, 5.74) is 0. The molecule has 0 heterocycles. The van der Waals surface area contributed by atoms with Gasteiger partial charge in [-0.2, -0.15) is 0 Å². The monoisotopic (exact) mass is 182 g/mol. The molecule has 0 radical (unpaired) electrons. The lowest BCUT2D eigenvalue weighted by atomic mass is 10.3. The molecule has 0 amide bonds. The van der Waals surface area contributed by atoms with Crippen molar-refractivity contribution in [2.45, 2.75) is 39.0 Å². The molecule has 0 bridgehead atoms. The molecular formula is C8H17F2P. The highest BCUT2D eigenvalue weighted by Gasteiger charge is 2.06. The van der Waals surface area contributed by atoms with Crippen molar-refractivity contribution in [3.05, 3.63) is 0 Å². The normalized spacial score (nSPS) is 17.5. The molecule has 2 unspecified atom stereocenters. The Bertz CT molecular complexity index is 78.2. The Kier molecular flexibility index (Phi) is 7.15. The molecule has 0 aromatic heterocycles. The van der Waals surface area contributed by atoms with E-state index in [4.69, 9.17) is 0 Å². The zero-order valence-corrected chi connectivity index (χ0v) is 8.24. The smallest absolute Gasteiger partial charge is 0.104 e. The minimum absolute atomic E-state index is 0.457. The van der Waals surface area contributed by atoms with Crippen LogP contribution < -0.4 is 0 Å². The van der Waals surface area contributed by atoms with Gasteiger partial charge in [-0.05, 0) is 25.2 Å². The van der Waals surface area contributed by atoms with Gasteiger partial charge in [0.15, 0.2) is 0 Å². The molecular weight excluding hydrogens is 165 g/mol. The summed E-state index contributed by atoms with van der Waals surface area (Å²) in [7, 11) is 0.457. The molecule has 0 aliphatic rings. The minimum atomic E-state index is -0.711. The Morgan fingerprint density at radius 2 is 1.36 bits per heavy atom. The van der Waals surface area contributed by atoms with Gasteiger partial charge in [-0.25, -0.2) is 8.78 Å². The maximum atomic E-state index is 12.6. The molecule has 0 saturated carbocycles. The molecule has 0 fully saturated rings. The number of halogens is 2. The van der Waals surface area contributed by atoms with Gasteiger partial charge in [-0.1, -0.05) is 13.8 Å². The lowest BCUT2D eigenvalue weighted by molar-refractivity contribution is 0.349. The quantitative estimate of drug-likeness (QED) is 0.553. The van der Waals surface area contributed by atoms with Crippen molar-refractivity contribution in [3.8, 4) is 0 Å². The van der Waals surface area contributed by atoms with Crippen LogP contribution in [0.2, 0.25) is 0 Å². The second-order valence-electron chi connectivity index (χ2n) is 2.67. The van der Waals surface area contributed by atoms with Crippen LogP contribution in [0.25, 0.3) is 0 Å². The fourth-order valence-electron chi connectivity index (χ4n) is 0.685. The van der Waals surface area contributed by atoms with Gasteiger partial charge in [0.2, 0.25) is 0 Å². The maximum absolute atomic E-state index is 12.6. The predicted octanol–water partition coefficient (Wildman–Crippen LogP) is 3.16. The van der Waals surface area contributed by atoms with Crippen molar-refractivity contribution >= 4 is 8.58 Å². The van der Waals surface area contributed by atoms with Crippen LogP contribution in [0.4, 0.5) is 8.78 Å². The molecule has 0 aromatic rings. The SMILES string of the molecule is CCC(F)CPCC(F)CC. The van der Waals surface area contributed by atoms with Crippen LogP contribution in [0.5, 0.6) is 0 Å². The van der Waals surface area contributed by atoms with Gasteiger partial charge in [0.05, 0.1) is 0 Å². The molecule has 68 valence electrons. The number of hydrogen-bond donors (Lipinski definition) is 0. The van der Waals surface area contributed by atoms with Gasteiger partial charge in [0.1, 0.15) is 12.3 Å². The van der Waals surface area contributed by atoms with Crippen molar-refractivity contribution in [1.82, 2.24) is 0 Å². The van der Waals surface area contributed by atoms with Crippen LogP contribution in [-0.2, 0) is 0 Å². The Morgan fingerprint density at radius 1 is 1.00 bits per heavy atom. The zero-order chi connectivity index (χ0) is 8.69. The summed E-state index contributed by atoms with van der Waals surface area (Å²) < 4.78 is 25.1. The van der Waals surface area contributed by atoms with E-state index in [9.17, 15) is 8.78 Å². The summed E-state index contributed by atoms with van der Waals surface area (Å²) in [6, 6.07) is 0. The van der Waals surface area contributed by atoms with Gasteiger partial charge < -0.3 is 0 Å². The molecule has 0 aliphatic heterocycles. The van der Waals surface area contributed by atoms with E-state index in [1.54, 1.807) is 0 Å². The van der Waals surface area contributed by atoms with Gasteiger partial charge in [-0.3, -0.25) is 0 Å². The van der Waals surface area contributed by atoms with Crippen LogP contribution >= 0.6 is 8.58 Å². The van der Waals surface area contributed by atoms with Crippen molar-refractivity contribution in [2.75, 3.05) is 12.3 Å². The number of alkyl halides is 2. The van der Waals surface area contributed by atoms with E-state index in [1.165, 1.54) is 0 Å². The largest absolute Gasteiger partial charge is 0.247 e. The van der Waals surface area contributed by atoms with E-state index in [-0.39, 0.29) is 0 Å². The maximum Gasteiger partial charge on any atom is 0.104 e. The van der Waals surface area contributed by atoms with E-state index in [0.717, 1.165) is 0 Å². The third-order valence-electron chi connectivity index (χ3n) is 1.62. The molecule has 0 saturated heterocycles. The van der Waals surface area contributed by atoms with Crippen molar-refractivity contribution in [2.24, 2.45) is 0 Å². The standard InChI is InChI=1S/C8H17F2P/c1-3-7(9)5-11-6-8(10)4-2/h7-8,11H,3-6H2,1-2H3. The predicted molar refractivity (Wildman–Crippen MR) is 48.4 cm³/mol. The van der Waals surface area contributed by atoms with E-state index in [1.807, 2.05) is 13.8 Å². The highest BCUT2D eigenvalue weighted by molar-refractivity contribution is 7.38. The first kappa shape index (κ1) is 11.3. The van der Waals surface area contributed by atoms with E-state index < -0.39 is 12.3 Å². The van der Waals surface area contributed by atoms with E-state index in [2.05, 4.69) is 0 Å². The lowest BCUT2D eigenvalue weighted by Crippen LogP contribution is -2.05. The second-order valence-corrected chi connectivity index (χ2v) is 3.99. The molecule has 3 heteroatoms. The van der Waals surface area contributed by atoms with Crippen molar-refractivity contribution in [1.29, 1.82) is 0 Å². The molecule has 2 atom stereocenters. The number of rotatable bonds is 6. The second kappa shape index (κ2) is 6.97. The molecule has 0 rings (SSSR count). The fraction of sp³-hybridized carbons (Fsp3) is 1.00. The van der Waals surface area contributed by atoms with Crippen LogP contribution in [0, 0.1) is 0 Å². The fourth-order valence-corrected chi connectivity index (χ4v) is 2.06. The number of hydrogen-bond acceptors (Lipinski definition) is 0. The van der Waals surface area contributed by atoms with Crippen LogP contribution in [0.1, 0.15) is 26.7 Å². The van der Waals surface area contributed by atoms with Gasteiger partial charge in [0.25, 0.3) is 0 Å². The summed E-state index contributed by atoms with van der Waals surface area (Å²) in [6.45, 7) is 3.64. The van der Waals surface area contributed by atoms with Gasteiger partial charge >= 0.3 is 0 Å². The first-order valence-electron chi connectivity index (χ1n) is 4.19. The van der Waals surface area contributed by atoms with Crippen molar-refractivity contribution in [3.63, 3.8) is 0 Å². The van der Waals surface area contributed by atoms with Crippen LogP contribution in [-0.4, -0.2) is 24.7 Å². The first-order valence-corrected chi connectivity index (χ1v) is 5.60. The molecule has 0 nitrogen and oxygen atoms in total. The summed E-state index contributed by atoms with van der Waals surface area (Å²) in [6.07, 6.45) is 0.815. The summed E-state index contributed by atoms with van der Waals surface area (Å²) in [5.74, 6) is 0. The molecule has 0 N–H and O–H groups in total. The topological polar surface area (TPSA) is 0 Å². The Hall–Kier alpha value is 0.290. The average Bonchev–Trinajstić information content (AvgIpc) is 2.04. The third kappa shape index (κ3) is 6.68. The van der Waals surface area contributed by atoms with Crippen LogP contribution in [0.15, 0.2) is 0 Å². The molecule has 0 aromatic carbocycles. The third-order valence-corrected chi connectivity index (χ3v) is 3.08. The highest BCUT2D eigenvalue weighted by atomic mass is 31.1. The Morgan fingerprint density at radius 3 is 1.64 bits per heavy atom. The Labute approximate surface area is 69.5 Å². The molecule has 0 spiro atoms. The Balaban J connectivity index is 3.13. The van der Waals surface area contributed by atoms with E-state index in [0.29, 0.717) is 33.7 Å². The first-order chi connectivity index (χ1) is 5.20. The van der Waals surface area contributed by atoms with Crippen molar-refractivity contribution < 1.29 is 8.78 Å². The van der Waals surface area contributed by atoms with Gasteiger partial charge in [-0.15, -0.1) is 8.58 Å². The van der Waals surface area contributed by atoms with Crippen LogP contribution in [0.3, 0.4) is 0 Å². The summed E-state index contributed by atoms with van der Waals surface area (Å²) in [5, 5.41) is 0.